The van der Waals surface area contributed by atoms with E-state index in [1.165, 1.54) is 6.08 Å². The van der Waals surface area contributed by atoms with E-state index >= 15 is 0 Å². The normalized spacial score (nSPS) is 20.7. The maximum absolute atomic E-state index is 9.51. The molecule has 0 saturated carbocycles. The highest BCUT2D eigenvalue weighted by atomic mass is 16.6. The molecule has 1 saturated heterocycles. The zero-order valence-electron chi connectivity index (χ0n) is 6.36. The van der Waals surface area contributed by atoms with Crippen LogP contribution < -0.4 is 0 Å². The molecule has 1 fully saturated rings. The van der Waals surface area contributed by atoms with Crippen LogP contribution in [0.5, 0.6) is 0 Å². The fourth-order valence-corrected chi connectivity index (χ4v) is 0.316. The van der Waals surface area contributed by atoms with Gasteiger partial charge in [0.05, 0.1) is 13.2 Å². The Kier molecular flexibility index (Phi) is 5.42. The van der Waals surface area contributed by atoms with E-state index in [1.807, 2.05) is 0 Å². The third-order valence-electron chi connectivity index (χ3n) is 0.915. The van der Waals surface area contributed by atoms with E-state index in [0.29, 0.717) is 0 Å². The Bertz CT molecular complexity index is 137. The van der Waals surface area contributed by atoms with E-state index in [4.69, 9.17) is 10.2 Å². The number of epoxide rings is 1. The molecule has 0 aromatic heterocycles. The Morgan fingerprint density at radius 1 is 1.82 bits per heavy atom. The van der Waals surface area contributed by atoms with Crippen molar-refractivity contribution in [1.29, 1.82) is 0 Å². The molecule has 1 unspecified atom stereocenters. The van der Waals surface area contributed by atoms with Crippen LogP contribution in [-0.4, -0.2) is 35.5 Å². The number of aliphatic hydroxyl groups excluding tert-OH is 1. The van der Waals surface area contributed by atoms with Gasteiger partial charge in [-0.3, -0.25) is 0 Å². The minimum Gasteiger partial charge on any atom is -0.478 e. The van der Waals surface area contributed by atoms with Crippen LogP contribution in [0.15, 0.2) is 12.2 Å². The van der Waals surface area contributed by atoms with Crippen LogP contribution in [0.3, 0.4) is 0 Å². The zero-order chi connectivity index (χ0) is 8.69. The minimum absolute atomic E-state index is 0.190. The van der Waals surface area contributed by atoms with Crippen LogP contribution in [0, 0.1) is 0 Å². The summed E-state index contributed by atoms with van der Waals surface area (Å²) in [4.78, 5) is 9.51. The molecule has 11 heavy (non-hydrogen) atoms. The quantitative estimate of drug-likeness (QED) is 0.441. The van der Waals surface area contributed by atoms with Crippen molar-refractivity contribution in [1.82, 2.24) is 0 Å². The second-order valence-corrected chi connectivity index (χ2v) is 1.98. The van der Waals surface area contributed by atoms with Gasteiger partial charge < -0.3 is 14.9 Å². The van der Waals surface area contributed by atoms with Gasteiger partial charge in [0, 0.05) is 6.08 Å². The van der Waals surface area contributed by atoms with Crippen LogP contribution in [0.1, 0.15) is 6.92 Å². The molecule has 1 heterocycles. The SMILES string of the molecule is C/C=C/C(=O)O.OCC1CO1. The first-order valence-corrected chi connectivity index (χ1v) is 3.28. The molecule has 4 heteroatoms. The maximum atomic E-state index is 9.51. The molecule has 1 aliphatic rings. The van der Waals surface area contributed by atoms with Gasteiger partial charge in [-0.1, -0.05) is 6.08 Å². The van der Waals surface area contributed by atoms with E-state index in [-0.39, 0.29) is 12.7 Å². The number of carbonyl (C=O) groups is 1. The van der Waals surface area contributed by atoms with E-state index in [0.717, 1.165) is 12.7 Å². The Morgan fingerprint density at radius 3 is 2.36 bits per heavy atom. The van der Waals surface area contributed by atoms with Crippen molar-refractivity contribution in [3.8, 4) is 0 Å². The number of carboxylic acids is 1. The largest absolute Gasteiger partial charge is 0.478 e. The summed E-state index contributed by atoms with van der Waals surface area (Å²) in [6, 6.07) is 0. The molecule has 64 valence electrons. The predicted molar refractivity (Wildman–Crippen MR) is 39.3 cm³/mol. The third-order valence-corrected chi connectivity index (χ3v) is 0.915. The number of hydrogen-bond donors (Lipinski definition) is 2. The number of aliphatic carboxylic acids is 1. The summed E-state index contributed by atoms with van der Waals surface area (Å²) in [5.74, 6) is -0.891. The van der Waals surface area contributed by atoms with Gasteiger partial charge >= 0.3 is 5.97 Å². The molecule has 2 N–H and O–H groups in total. The highest BCUT2D eigenvalue weighted by Gasteiger charge is 2.19. The van der Waals surface area contributed by atoms with Gasteiger partial charge in [0.25, 0.3) is 0 Å². The van der Waals surface area contributed by atoms with Gasteiger partial charge in [-0.05, 0) is 6.92 Å². The van der Waals surface area contributed by atoms with E-state index in [9.17, 15) is 4.79 Å². The van der Waals surface area contributed by atoms with Crippen molar-refractivity contribution in [3.05, 3.63) is 12.2 Å². The maximum Gasteiger partial charge on any atom is 0.327 e. The van der Waals surface area contributed by atoms with Crippen molar-refractivity contribution in [2.75, 3.05) is 13.2 Å². The highest BCUT2D eigenvalue weighted by Crippen LogP contribution is 2.04. The van der Waals surface area contributed by atoms with Crippen molar-refractivity contribution in [2.45, 2.75) is 13.0 Å². The molecule has 0 bridgehead atoms. The Balaban J connectivity index is 0.000000183. The summed E-state index contributed by atoms with van der Waals surface area (Å²) in [7, 11) is 0. The van der Waals surface area contributed by atoms with Crippen LogP contribution in [0.2, 0.25) is 0 Å². The average molecular weight is 160 g/mol. The third kappa shape index (κ3) is 9.13. The van der Waals surface area contributed by atoms with Gasteiger partial charge in [-0.2, -0.15) is 0 Å². The first-order chi connectivity index (χ1) is 5.20. The molecule has 0 aromatic rings. The Morgan fingerprint density at radius 2 is 2.36 bits per heavy atom. The summed E-state index contributed by atoms with van der Waals surface area (Å²) >= 11 is 0. The van der Waals surface area contributed by atoms with Crippen molar-refractivity contribution in [3.63, 3.8) is 0 Å². The van der Waals surface area contributed by atoms with Crippen molar-refractivity contribution < 1.29 is 19.7 Å². The summed E-state index contributed by atoms with van der Waals surface area (Å²) in [6.45, 7) is 2.62. The lowest BCUT2D eigenvalue weighted by Gasteiger charge is -1.70. The number of ether oxygens (including phenoxy) is 1. The van der Waals surface area contributed by atoms with Gasteiger partial charge in [0.2, 0.25) is 0 Å². The summed E-state index contributed by atoms with van der Waals surface area (Å²) in [5.41, 5.74) is 0. The minimum atomic E-state index is -0.891. The molecule has 4 nitrogen and oxygen atoms in total. The fraction of sp³-hybridized carbons (Fsp3) is 0.571. The summed E-state index contributed by atoms with van der Waals surface area (Å²) in [6.07, 6.45) is 2.75. The fourth-order valence-electron chi connectivity index (χ4n) is 0.316. The molecule has 0 aromatic carbocycles. The first kappa shape index (κ1) is 10.1. The van der Waals surface area contributed by atoms with Crippen LogP contribution in [0.4, 0.5) is 0 Å². The molecule has 1 aliphatic heterocycles. The highest BCUT2D eigenvalue weighted by molar-refractivity contribution is 5.79. The van der Waals surface area contributed by atoms with E-state index in [2.05, 4.69) is 4.74 Å². The molecule has 0 aliphatic carbocycles. The molecule has 0 radical (unpaired) electrons. The smallest absolute Gasteiger partial charge is 0.327 e. The van der Waals surface area contributed by atoms with Crippen LogP contribution in [-0.2, 0) is 9.53 Å². The predicted octanol–water partition coefficient (Wildman–Crippen LogP) is 0.0246. The lowest BCUT2D eigenvalue weighted by Crippen LogP contribution is -1.88. The van der Waals surface area contributed by atoms with Gasteiger partial charge in [0.15, 0.2) is 0 Å². The molecular formula is C7H12O4. The standard InChI is InChI=1S/C4H6O2.C3H6O2/c1-2-3-4(5)6;4-1-3-2-5-3/h2-3H,1H3,(H,5,6);3-4H,1-2H2/b3-2+;. The summed E-state index contributed by atoms with van der Waals surface area (Å²) < 4.78 is 4.61. The monoisotopic (exact) mass is 160 g/mol. The van der Waals surface area contributed by atoms with Crippen molar-refractivity contribution in [2.24, 2.45) is 0 Å². The number of allylic oxidation sites excluding steroid dienone is 1. The number of rotatable bonds is 2. The topological polar surface area (TPSA) is 70.1 Å². The number of aliphatic hydroxyl groups is 1. The molecular weight excluding hydrogens is 148 g/mol. The Labute approximate surface area is 65.1 Å². The van der Waals surface area contributed by atoms with Crippen molar-refractivity contribution >= 4 is 5.97 Å². The number of hydrogen-bond acceptors (Lipinski definition) is 3. The van der Waals surface area contributed by atoms with Crippen LogP contribution in [0.25, 0.3) is 0 Å². The lowest BCUT2D eigenvalue weighted by atomic mass is 10.5. The average Bonchev–Trinajstić information content (AvgIpc) is 2.69. The number of carboxylic acid groups (broad SMARTS) is 1. The van der Waals surface area contributed by atoms with Gasteiger partial charge in [0.1, 0.15) is 6.10 Å². The molecule has 0 spiro atoms. The van der Waals surface area contributed by atoms with Gasteiger partial charge in [-0.15, -0.1) is 0 Å². The summed E-state index contributed by atoms with van der Waals surface area (Å²) in [5, 5.41) is 15.9. The first-order valence-electron chi connectivity index (χ1n) is 3.28. The van der Waals surface area contributed by atoms with Crippen LogP contribution >= 0.6 is 0 Å². The van der Waals surface area contributed by atoms with E-state index in [1.54, 1.807) is 6.92 Å². The second-order valence-electron chi connectivity index (χ2n) is 1.98. The second kappa shape index (κ2) is 5.88. The van der Waals surface area contributed by atoms with Gasteiger partial charge in [-0.25, -0.2) is 4.79 Å². The molecule has 1 atom stereocenters. The Hall–Kier alpha value is -0.870. The lowest BCUT2D eigenvalue weighted by molar-refractivity contribution is -0.131. The molecule has 0 amide bonds. The molecule has 1 rings (SSSR count). The van der Waals surface area contributed by atoms with E-state index < -0.39 is 5.97 Å². The zero-order valence-corrected chi connectivity index (χ0v) is 6.36.